The number of piperazine rings is 1. The molecule has 2 heterocycles. The minimum absolute atomic E-state index is 0.0633. The number of anilines is 1. The van der Waals surface area contributed by atoms with Crippen LogP contribution in [0.2, 0.25) is 0 Å². The molecule has 0 spiro atoms. The Kier molecular flexibility index (Phi) is 8.04. The number of Topliss-reactive ketones (excluding diaryl/α,β-unsaturated/α-hetero) is 1. The van der Waals surface area contributed by atoms with Crippen LogP contribution in [0.15, 0.2) is 35.8 Å². The fourth-order valence-electron chi connectivity index (χ4n) is 9.65. The molecular weight excluding hydrogens is 573 g/mol. The van der Waals surface area contributed by atoms with Gasteiger partial charge in [0.25, 0.3) is 0 Å². The molecule has 2 aromatic rings. The first-order valence-corrected chi connectivity index (χ1v) is 16.7. The van der Waals surface area contributed by atoms with Gasteiger partial charge in [0.2, 0.25) is 5.43 Å². The summed E-state index contributed by atoms with van der Waals surface area (Å²) in [7, 11) is 0. The number of aromatic nitrogens is 1. The lowest BCUT2D eigenvalue weighted by Gasteiger charge is -2.61. The highest BCUT2D eigenvalue weighted by Gasteiger charge is 2.68. The maximum absolute atomic E-state index is 15.5. The van der Waals surface area contributed by atoms with Crippen LogP contribution in [0, 0.1) is 39.8 Å². The first kappa shape index (κ1) is 31.9. The molecule has 8 nitrogen and oxygen atoms in total. The number of ether oxygens (including phenoxy) is 1. The zero-order valence-electron chi connectivity index (χ0n) is 27.3. The van der Waals surface area contributed by atoms with Crippen molar-refractivity contribution in [3.8, 4) is 0 Å². The van der Waals surface area contributed by atoms with E-state index in [1.807, 2.05) is 18.7 Å². The molecule has 8 atom stereocenters. The number of hydrogen-bond acceptors (Lipinski definition) is 7. The minimum atomic E-state index is -0.789. The van der Waals surface area contributed by atoms with Gasteiger partial charge in [-0.1, -0.05) is 33.8 Å². The highest BCUT2D eigenvalue weighted by atomic mass is 19.1. The highest BCUT2D eigenvalue weighted by Crippen LogP contribution is 2.68. The van der Waals surface area contributed by atoms with Gasteiger partial charge in [-0.05, 0) is 62.0 Å². The van der Waals surface area contributed by atoms with Gasteiger partial charge in [0.15, 0.2) is 0 Å². The highest BCUT2D eigenvalue weighted by molar-refractivity contribution is 5.95. The van der Waals surface area contributed by atoms with Gasteiger partial charge in [0.05, 0.1) is 17.3 Å². The molecule has 6 rings (SSSR count). The van der Waals surface area contributed by atoms with Gasteiger partial charge in [0, 0.05) is 67.5 Å². The number of nitrogens with one attached hydrogen (secondary N) is 1. The van der Waals surface area contributed by atoms with E-state index in [1.54, 1.807) is 16.7 Å². The van der Waals surface area contributed by atoms with Crippen LogP contribution in [0.4, 0.5) is 10.1 Å². The quantitative estimate of drug-likeness (QED) is 0.354. The third-order valence-electron chi connectivity index (χ3n) is 12.7. The van der Waals surface area contributed by atoms with Crippen LogP contribution < -0.4 is 15.6 Å². The molecule has 1 aromatic carbocycles. The van der Waals surface area contributed by atoms with Crippen LogP contribution in [0.25, 0.3) is 10.9 Å². The molecule has 0 amide bonds. The summed E-state index contributed by atoms with van der Waals surface area (Å²) in [4.78, 5) is 43.8. The number of ketones is 1. The number of halogens is 1. The van der Waals surface area contributed by atoms with Crippen LogP contribution in [0.5, 0.6) is 0 Å². The van der Waals surface area contributed by atoms with E-state index in [4.69, 9.17) is 4.74 Å². The number of aliphatic hydroxyl groups is 1. The molecule has 2 bridgehead atoms. The van der Waals surface area contributed by atoms with Crippen LogP contribution in [-0.4, -0.2) is 59.8 Å². The smallest absolute Gasteiger partial charge is 0.343 e. The molecule has 2 unspecified atom stereocenters. The Morgan fingerprint density at radius 2 is 1.91 bits per heavy atom. The zero-order chi connectivity index (χ0) is 32.5. The van der Waals surface area contributed by atoms with Gasteiger partial charge in [-0.3, -0.25) is 9.59 Å². The molecule has 45 heavy (non-hydrogen) atoms. The summed E-state index contributed by atoms with van der Waals surface area (Å²) in [5.74, 6) is -1.57. The maximum atomic E-state index is 15.5. The van der Waals surface area contributed by atoms with Crippen molar-refractivity contribution >= 4 is 28.3 Å². The number of carbonyl (C=O) groups is 2. The number of rotatable bonds is 5. The molecule has 1 aromatic heterocycles. The van der Waals surface area contributed by atoms with Crippen LogP contribution in [0.1, 0.15) is 77.1 Å². The normalized spacial score (nSPS) is 36.7. The van der Waals surface area contributed by atoms with Gasteiger partial charge >= 0.3 is 5.97 Å². The average molecular weight is 622 g/mol. The van der Waals surface area contributed by atoms with Crippen molar-refractivity contribution in [3.63, 3.8) is 0 Å². The van der Waals surface area contributed by atoms with Crippen molar-refractivity contribution in [1.29, 1.82) is 0 Å². The standard InChI is InChI=1S/C36H48FN3O5/c1-7-34(5)19-29(35(6)21(3)9-11-36(22(4)32(34)43)12-10-28(41)31(35)36)45-33(44)24-20-39(8-2)26-18-27(40-15-13-38-14-16-40)25(37)17-23(26)30(24)42/h7,17-18,20-22,29,31-32,38,43H,1,8-16,19H2,2-6H3/t21-,22+,29-,31?,32+,34-,35+,36?/m1/s1. The van der Waals surface area contributed by atoms with E-state index in [1.165, 1.54) is 12.3 Å². The van der Waals surface area contributed by atoms with Gasteiger partial charge in [-0.25, -0.2) is 9.18 Å². The molecule has 3 aliphatic carbocycles. The summed E-state index contributed by atoms with van der Waals surface area (Å²) < 4.78 is 23.7. The van der Waals surface area contributed by atoms with Crippen LogP contribution >= 0.6 is 0 Å². The number of hydrogen-bond donors (Lipinski definition) is 2. The third-order valence-corrected chi connectivity index (χ3v) is 12.7. The van der Waals surface area contributed by atoms with E-state index in [9.17, 15) is 19.5 Å². The van der Waals surface area contributed by atoms with Gasteiger partial charge < -0.3 is 24.6 Å². The van der Waals surface area contributed by atoms with Crippen LogP contribution in [-0.2, 0) is 16.1 Å². The Bertz CT molecular complexity index is 1600. The van der Waals surface area contributed by atoms with Crippen molar-refractivity contribution in [2.45, 2.75) is 85.5 Å². The molecule has 4 fully saturated rings. The molecule has 4 aliphatic rings. The maximum Gasteiger partial charge on any atom is 0.343 e. The molecule has 244 valence electrons. The van der Waals surface area contributed by atoms with Crippen molar-refractivity contribution < 1.29 is 23.8 Å². The number of nitrogens with zero attached hydrogens (tertiary/aromatic N) is 2. The summed E-state index contributed by atoms with van der Waals surface area (Å²) >= 11 is 0. The van der Waals surface area contributed by atoms with Gasteiger partial charge in [-0.15, -0.1) is 6.58 Å². The largest absolute Gasteiger partial charge is 0.458 e. The number of carbonyl (C=O) groups excluding carboxylic acids is 2. The Hall–Kier alpha value is -3.04. The van der Waals surface area contributed by atoms with Crippen molar-refractivity contribution in [3.05, 3.63) is 52.6 Å². The molecule has 2 N–H and O–H groups in total. The Balaban J connectivity index is 1.44. The van der Waals surface area contributed by atoms with E-state index in [-0.39, 0.29) is 40.9 Å². The van der Waals surface area contributed by atoms with Gasteiger partial charge in [-0.2, -0.15) is 0 Å². The van der Waals surface area contributed by atoms with Gasteiger partial charge in [0.1, 0.15) is 23.3 Å². The van der Waals surface area contributed by atoms with Crippen molar-refractivity contribution in [2.24, 2.45) is 34.0 Å². The first-order chi connectivity index (χ1) is 21.3. The number of fused-ring (bicyclic) bond motifs is 1. The van der Waals surface area contributed by atoms with Crippen molar-refractivity contribution in [1.82, 2.24) is 9.88 Å². The summed E-state index contributed by atoms with van der Waals surface area (Å²) in [5, 5.41) is 15.2. The zero-order valence-corrected chi connectivity index (χ0v) is 27.3. The number of benzene rings is 1. The second kappa shape index (κ2) is 11.3. The predicted molar refractivity (Wildman–Crippen MR) is 173 cm³/mol. The molecule has 0 radical (unpaired) electrons. The number of esters is 1. The lowest BCUT2D eigenvalue weighted by molar-refractivity contribution is -0.192. The number of aryl methyl sites for hydroxylation is 1. The fourth-order valence-corrected chi connectivity index (χ4v) is 9.65. The van der Waals surface area contributed by atoms with Crippen molar-refractivity contribution in [2.75, 3.05) is 31.1 Å². The Labute approximate surface area is 265 Å². The number of pyridine rings is 1. The lowest BCUT2D eigenvalue weighted by Crippen LogP contribution is -2.63. The molecule has 3 saturated carbocycles. The lowest BCUT2D eigenvalue weighted by atomic mass is 9.44. The molecule has 1 aliphatic heterocycles. The molecule has 9 heteroatoms. The first-order valence-electron chi connectivity index (χ1n) is 16.7. The Morgan fingerprint density at radius 3 is 2.58 bits per heavy atom. The second-order valence-corrected chi connectivity index (χ2v) is 14.7. The summed E-state index contributed by atoms with van der Waals surface area (Å²) in [6, 6.07) is 2.95. The molecular formula is C36H48FN3O5. The monoisotopic (exact) mass is 621 g/mol. The van der Waals surface area contributed by atoms with E-state index >= 15 is 4.39 Å². The SMILES string of the molecule is C=C[C@]1(C)C[C@@H](OC(=O)c2cn(CC)c3cc(N4CCNCC4)c(F)cc3c2=O)[C@@]2(C)C3C(=O)CCC3(CC[C@H]2C)[C@@H](C)[C@@H]1O. The summed E-state index contributed by atoms with van der Waals surface area (Å²) in [5.41, 5.74) is -1.63. The third kappa shape index (κ3) is 4.70. The molecule has 1 saturated heterocycles. The Morgan fingerprint density at radius 1 is 1.20 bits per heavy atom. The topological polar surface area (TPSA) is 101 Å². The average Bonchev–Trinajstić information content (AvgIpc) is 3.39. The minimum Gasteiger partial charge on any atom is -0.458 e. The van der Waals surface area contributed by atoms with Crippen LogP contribution in [0.3, 0.4) is 0 Å². The number of aliphatic hydroxyl groups excluding tert-OH is 1. The summed E-state index contributed by atoms with van der Waals surface area (Å²) in [6.45, 7) is 17.5. The predicted octanol–water partition coefficient (Wildman–Crippen LogP) is 5.09. The van der Waals surface area contributed by atoms with E-state index in [2.05, 4.69) is 32.7 Å². The summed E-state index contributed by atoms with van der Waals surface area (Å²) in [6.07, 6.45) is 4.85. The van der Waals surface area contributed by atoms with E-state index in [0.29, 0.717) is 43.7 Å². The van der Waals surface area contributed by atoms with E-state index in [0.717, 1.165) is 25.9 Å². The second-order valence-electron chi connectivity index (χ2n) is 14.7. The van der Waals surface area contributed by atoms with E-state index < -0.39 is 45.7 Å². The fraction of sp³-hybridized carbons (Fsp3) is 0.639.